The number of ether oxygens (including phenoxy) is 1. The molecule has 0 N–H and O–H groups in total. The van der Waals surface area contributed by atoms with Crippen LogP contribution < -0.4 is 0 Å². The van der Waals surface area contributed by atoms with E-state index in [1.165, 1.54) is 5.56 Å². The van der Waals surface area contributed by atoms with E-state index < -0.39 is 0 Å². The largest absolute Gasteiger partial charge is 0.378 e. The van der Waals surface area contributed by atoms with E-state index in [9.17, 15) is 0 Å². The van der Waals surface area contributed by atoms with Crippen molar-refractivity contribution in [3.63, 3.8) is 0 Å². The minimum atomic E-state index is 0.0372. The number of hydrogen-bond donors (Lipinski definition) is 0. The predicted molar refractivity (Wildman–Crippen MR) is 76.4 cm³/mol. The van der Waals surface area contributed by atoms with Gasteiger partial charge in [0.15, 0.2) is 0 Å². The van der Waals surface area contributed by atoms with E-state index in [0.717, 1.165) is 18.3 Å². The molecule has 0 aromatic heterocycles. The van der Waals surface area contributed by atoms with Crippen LogP contribution in [0.5, 0.6) is 0 Å². The smallest absolute Gasteiger partial charge is 0.110 e. The van der Waals surface area contributed by atoms with Crippen LogP contribution >= 0.6 is 0 Å². The minimum absolute atomic E-state index is 0.0372. The maximum atomic E-state index is 5.83. The van der Waals surface area contributed by atoms with Gasteiger partial charge in [0.2, 0.25) is 0 Å². The highest BCUT2D eigenvalue weighted by Gasteiger charge is 2.07. The van der Waals surface area contributed by atoms with Gasteiger partial charge in [0.1, 0.15) is 7.85 Å². The lowest BCUT2D eigenvalue weighted by Crippen LogP contribution is -2.15. The summed E-state index contributed by atoms with van der Waals surface area (Å²) >= 11 is 0. The summed E-state index contributed by atoms with van der Waals surface area (Å²) < 4.78 is 5.33. The van der Waals surface area contributed by atoms with Crippen molar-refractivity contribution in [2.24, 2.45) is 0 Å². The van der Waals surface area contributed by atoms with E-state index >= 15 is 0 Å². The monoisotopic (exact) mass is 230 g/mol. The molecule has 0 saturated carbocycles. The number of rotatable bonds is 5. The normalized spacial score (nSPS) is 12.6. The van der Waals surface area contributed by atoms with Crippen LogP contribution in [-0.4, -0.2) is 21.1 Å². The van der Waals surface area contributed by atoms with Crippen molar-refractivity contribution in [1.82, 2.24) is 0 Å². The Labute approximate surface area is 107 Å². The topological polar surface area (TPSA) is 9.23 Å². The third-order valence-corrected chi connectivity index (χ3v) is 2.53. The van der Waals surface area contributed by atoms with E-state index in [2.05, 4.69) is 24.3 Å². The number of aryl methyl sites for hydroxylation is 1. The number of allylic oxidation sites excluding steroid dienone is 1. The standard InChI is InChI=1S/C13H17BO.C2H6/c1-3-12(14)13(15-2)10-9-11-7-5-4-6-8-11;1-2/h3-8,13H,9-10H2,1-2H3;1-2H3/b12-3-;. The van der Waals surface area contributed by atoms with Gasteiger partial charge in [0.25, 0.3) is 0 Å². The summed E-state index contributed by atoms with van der Waals surface area (Å²) in [5.74, 6) is 0. The molecule has 0 bridgehead atoms. The lowest BCUT2D eigenvalue weighted by molar-refractivity contribution is 0.130. The van der Waals surface area contributed by atoms with E-state index in [4.69, 9.17) is 12.6 Å². The van der Waals surface area contributed by atoms with Gasteiger partial charge >= 0.3 is 0 Å². The molecule has 92 valence electrons. The quantitative estimate of drug-likeness (QED) is 0.700. The lowest BCUT2D eigenvalue weighted by Gasteiger charge is -2.16. The third-order valence-electron chi connectivity index (χ3n) is 2.53. The van der Waals surface area contributed by atoms with Crippen LogP contribution in [0.1, 0.15) is 32.8 Å². The van der Waals surface area contributed by atoms with Crippen molar-refractivity contribution in [3.8, 4) is 0 Å². The van der Waals surface area contributed by atoms with Crippen LogP contribution in [0.25, 0.3) is 0 Å². The fourth-order valence-electron chi connectivity index (χ4n) is 1.55. The Morgan fingerprint density at radius 1 is 1.29 bits per heavy atom. The van der Waals surface area contributed by atoms with Crippen LogP contribution in [0.4, 0.5) is 0 Å². The van der Waals surface area contributed by atoms with Crippen LogP contribution in [0, 0.1) is 0 Å². The van der Waals surface area contributed by atoms with E-state index in [-0.39, 0.29) is 6.10 Å². The van der Waals surface area contributed by atoms with E-state index in [1.807, 2.05) is 32.9 Å². The van der Waals surface area contributed by atoms with Gasteiger partial charge in [-0.3, -0.25) is 0 Å². The van der Waals surface area contributed by atoms with Crippen molar-refractivity contribution in [3.05, 3.63) is 47.4 Å². The van der Waals surface area contributed by atoms with E-state index in [0.29, 0.717) is 0 Å². The second kappa shape index (κ2) is 10.2. The second-order valence-electron chi connectivity index (χ2n) is 3.54. The van der Waals surface area contributed by atoms with Gasteiger partial charge in [-0.2, -0.15) is 0 Å². The minimum Gasteiger partial charge on any atom is -0.378 e. The molecule has 0 fully saturated rings. The fraction of sp³-hybridized carbons (Fsp3) is 0.467. The molecule has 0 spiro atoms. The Balaban J connectivity index is 0.00000121. The summed E-state index contributed by atoms with van der Waals surface area (Å²) in [4.78, 5) is 0. The lowest BCUT2D eigenvalue weighted by atomic mass is 9.87. The van der Waals surface area contributed by atoms with Crippen molar-refractivity contribution in [2.45, 2.75) is 39.7 Å². The molecular weight excluding hydrogens is 207 g/mol. The zero-order valence-corrected chi connectivity index (χ0v) is 11.4. The average Bonchev–Trinajstić information content (AvgIpc) is 2.42. The van der Waals surface area contributed by atoms with Gasteiger partial charge in [-0.25, -0.2) is 0 Å². The highest BCUT2D eigenvalue weighted by Crippen LogP contribution is 2.11. The molecule has 1 atom stereocenters. The predicted octanol–water partition coefficient (Wildman–Crippen LogP) is 3.73. The molecule has 0 amide bonds. The highest BCUT2D eigenvalue weighted by molar-refractivity contribution is 6.22. The van der Waals surface area contributed by atoms with Crippen molar-refractivity contribution in [1.29, 1.82) is 0 Å². The summed E-state index contributed by atoms with van der Waals surface area (Å²) in [6, 6.07) is 10.4. The first-order chi connectivity index (χ1) is 8.27. The molecule has 0 aliphatic rings. The molecule has 17 heavy (non-hydrogen) atoms. The molecular formula is C15H23BO. The number of methoxy groups -OCH3 is 1. The first-order valence-corrected chi connectivity index (χ1v) is 6.26. The SMILES string of the molecule is CC.[B]/C(=C\C)C(CCc1ccccc1)OC. The first-order valence-electron chi connectivity index (χ1n) is 6.26. The Hall–Kier alpha value is -1.02. The summed E-state index contributed by atoms with van der Waals surface area (Å²) in [5.41, 5.74) is 2.14. The van der Waals surface area contributed by atoms with Gasteiger partial charge in [0.05, 0.1) is 6.10 Å². The highest BCUT2D eigenvalue weighted by atomic mass is 16.5. The van der Waals surface area contributed by atoms with Crippen molar-refractivity contribution < 1.29 is 4.74 Å². The summed E-state index contributed by atoms with van der Waals surface area (Å²) in [5, 5.41) is 0. The Kier molecular flexibility index (Phi) is 9.55. The fourth-order valence-corrected chi connectivity index (χ4v) is 1.55. The van der Waals surface area contributed by atoms with Crippen LogP contribution in [0.2, 0.25) is 0 Å². The molecule has 1 rings (SSSR count). The molecule has 2 radical (unpaired) electrons. The van der Waals surface area contributed by atoms with Crippen molar-refractivity contribution in [2.75, 3.05) is 7.11 Å². The molecule has 1 aromatic rings. The Morgan fingerprint density at radius 3 is 2.35 bits per heavy atom. The Bertz CT molecular complexity index is 306. The second-order valence-corrected chi connectivity index (χ2v) is 3.54. The molecule has 0 aliphatic heterocycles. The van der Waals surface area contributed by atoms with Crippen LogP contribution in [0.3, 0.4) is 0 Å². The maximum Gasteiger partial charge on any atom is 0.110 e. The zero-order chi connectivity index (χ0) is 13.1. The van der Waals surface area contributed by atoms with Gasteiger partial charge < -0.3 is 4.74 Å². The molecule has 1 nitrogen and oxygen atoms in total. The average molecular weight is 230 g/mol. The Morgan fingerprint density at radius 2 is 1.88 bits per heavy atom. The molecule has 0 heterocycles. The van der Waals surface area contributed by atoms with Crippen molar-refractivity contribution >= 4 is 7.85 Å². The third kappa shape index (κ3) is 6.33. The van der Waals surface area contributed by atoms with E-state index in [1.54, 1.807) is 7.11 Å². The molecule has 0 aliphatic carbocycles. The van der Waals surface area contributed by atoms with Gasteiger partial charge in [-0.15, -0.1) is 0 Å². The van der Waals surface area contributed by atoms with Gasteiger partial charge in [-0.1, -0.05) is 55.7 Å². The molecule has 1 unspecified atom stereocenters. The van der Waals surface area contributed by atoms with Gasteiger partial charge in [-0.05, 0) is 25.3 Å². The number of benzene rings is 1. The van der Waals surface area contributed by atoms with Gasteiger partial charge in [0, 0.05) is 7.11 Å². The molecule has 2 heteroatoms. The van der Waals surface area contributed by atoms with Crippen LogP contribution in [0.15, 0.2) is 41.9 Å². The maximum absolute atomic E-state index is 5.83. The van der Waals surface area contributed by atoms with Crippen LogP contribution in [-0.2, 0) is 11.2 Å². The molecule has 0 saturated heterocycles. The summed E-state index contributed by atoms with van der Waals surface area (Å²) in [7, 11) is 7.53. The molecule has 1 aromatic carbocycles. The first kappa shape index (κ1) is 16.0. The zero-order valence-electron chi connectivity index (χ0n) is 11.4. The number of hydrogen-bond acceptors (Lipinski definition) is 1. The summed E-state index contributed by atoms with van der Waals surface area (Å²) in [6.07, 6.45) is 3.86. The summed E-state index contributed by atoms with van der Waals surface area (Å²) in [6.45, 7) is 5.93.